The van der Waals surface area contributed by atoms with E-state index in [1.165, 1.54) is 17.4 Å². The highest BCUT2D eigenvalue weighted by Crippen LogP contribution is 2.30. The fourth-order valence-electron chi connectivity index (χ4n) is 1.85. The van der Waals surface area contributed by atoms with Gasteiger partial charge in [-0.25, -0.2) is 9.37 Å². The molecule has 0 aliphatic carbocycles. The average Bonchev–Trinajstić information content (AvgIpc) is 2.80. The molecule has 0 unspecified atom stereocenters. The van der Waals surface area contributed by atoms with Crippen LogP contribution in [0, 0.1) is 17.1 Å². The number of nitrogens with two attached hydrogens (primary N) is 1. The SMILES string of the molecule is N#Cc1c(F)cccc1Nc1nc2ccc(N)cc2s1. The highest BCUT2D eigenvalue weighted by Gasteiger charge is 2.10. The molecular weight excluding hydrogens is 275 g/mol. The van der Waals surface area contributed by atoms with Gasteiger partial charge in [0, 0.05) is 5.69 Å². The van der Waals surface area contributed by atoms with E-state index < -0.39 is 5.82 Å². The molecule has 2 aromatic carbocycles. The first-order chi connectivity index (χ1) is 9.67. The van der Waals surface area contributed by atoms with Crippen LogP contribution in [0.1, 0.15) is 5.56 Å². The van der Waals surface area contributed by atoms with Crippen molar-refractivity contribution in [1.29, 1.82) is 5.26 Å². The number of fused-ring (bicyclic) bond motifs is 1. The number of anilines is 3. The monoisotopic (exact) mass is 284 g/mol. The third kappa shape index (κ3) is 2.15. The van der Waals surface area contributed by atoms with Gasteiger partial charge in [0.05, 0.1) is 15.9 Å². The van der Waals surface area contributed by atoms with Gasteiger partial charge in [0.1, 0.15) is 17.4 Å². The minimum absolute atomic E-state index is 0.0220. The maximum absolute atomic E-state index is 13.5. The zero-order valence-corrected chi connectivity index (χ0v) is 11.0. The Bertz CT molecular complexity index is 835. The molecule has 3 rings (SSSR count). The number of aromatic nitrogens is 1. The number of nitrogens with zero attached hydrogens (tertiary/aromatic N) is 2. The molecule has 1 heterocycles. The summed E-state index contributed by atoms with van der Waals surface area (Å²) in [4.78, 5) is 4.37. The smallest absolute Gasteiger partial charge is 0.188 e. The van der Waals surface area contributed by atoms with Gasteiger partial charge in [-0.05, 0) is 30.3 Å². The van der Waals surface area contributed by atoms with Crippen molar-refractivity contribution >= 4 is 38.1 Å². The Morgan fingerprint density at radius 1 is 1.30 bits per heavy atom. The second kappa shape index (κ2) is 4.79. The van der Waals surface area contributed by atoms with E-state index in [2.05, 4.69) is 10.3 Å². The van der Waals surface area contributed by atoms with E-state index in [0.717, 1.165) is 10.2 Å². The molecule has 98 valence electrons. The number of benzene rings is 2. The van der Waals surface area contributed by atoms with Gasteiger partial charge in [0.15, 0.2) is 5.13 Å². The lowest BCUT2D eigenvalue weighted by Gasteiger charge is -2.04. The number of hydrogen-bond donors (Lipinski definition) is 2. The van der Waals surface area contributed by atoms with Gasteiger partial charge in [-0.1, -0.05) is 17.4 Å². The van der Waals surface area contributed by atoms with E-state index in [4.69, 9.17) is 11.0 Å². The van der Waals surface area contributed by atoms with E-state index >= 15 is 0 Å². The van der Waals surface area contributed by atoms with Gasteiger partial charge in [-0.2, -0.15) is 5.26 Å². The molecule has 0 amide bonds. The minimum atomic E-state index is -0.553. The van der Waals surface area contributed by atoms with E-state index in [1.807, 2.05) is 18.2 Å². The lowest BCUT2D eigenvalue weighted by atomic mass is 10.2. The average molecular weight is 284 g/mol. The van der Waals surface area contributed by atoms with Gasteiger partial charge in [-0.3, -0.25) is 0 Å². The van der Waals surface area contributed by atoms with Gasteiger partial charge in [0.2, 0.25) is 0 Å². The summed E-state index contributed by atoms with van der Waals surface area (Å²) in [6.07, 6.45) is 0. The third-order valence-corrected chi connectivity index (χ3v) is 3.71. The molecule has 0 fully saturated rings. The molecule has 0 spiro atoms. The molecule has 0 radical (unpaired) electrons. The molecule has 3 aromatic rings. The van der Waals surface area contributed by atoms with Gasteiger partial charge < -0.3 is 11.1 Å². The quantitative estimate of drug-likeness (QED) is 0.705. The van der Waals surface area contributed by atoms with Crippen molar-refractivity contribution in [2.75, 3.05) is 11.1 Å². The van der Waals surface area contributed by atoms with Gasteiger partial charge >= 0.3 is 0 Å². The summed E-state index contributed by atoms with van der Waals surface area (Å²) in [5, 5.41) is 12.6. The van der Waals surface area contributed by atoms with Crippen LogP contribution in [0.3, 0.4) is 0 Å². The van der Waals surface area contributed by atoms with Crippen LogP contribution >= 0.6 is 11.3 Å². The molecule has 20 heavy (non-hydrogen) atoms. The molecule has 0 aliphatic heterocycles. The minimum Gasteiger partial charge on any atom is -0.399 e. The summed E-state index contributed by atoms with van der Waals surface area (Å²) in [7, 11) is 0. The number of nitriles is 1. The number of nitrogen functional groups attached to an aromatic ring is 1. The molecule has 3 N–H and O–H groups in total. The first-order valence-corrected chi connectivity index (χ1v) is 6.61. The Balaban J connectivity index is 2.02. The lowest BCUT2D eigenvalue weighted by Crippen LogP contribution is -1.95. The van der Waals surface area contributed by atoms with Crippen molar-refractivity contribution in [3.8, 4) is 6.07 Å². The van der Waals surface area contributed by atoms with E-state index in [-0.39, 0.29) is 5.56 Å². The number of thiazole rings is 1. The summed E-state index contributed by atoms with van der Waals surface area (Å²) in [6, 6.07) is 11.7. The molecule has 6 heteroatoms. The lowest BCUT2D eigenvalue weighted by molar-refractivity contribution is 0.624. The second-order valence-electron chi connectivity index (χ2n) is 4.15. The fourth-order valence-corrected chi connectivity index (χ4v) is 2.78. The molecular formula is C14H9FN4S. The molecule has 0 aliphatic rings. The van der Waals surface area contributed by atoms with Crippen LogP contribution in [0.5, 0.6) is 0 Å². The Kier molecular flexibility index (Phi) is 2.97. The van der Waals surface area contributed by atoms with Crippen LogP contribution in [0.2, 0.25) is 0 Å². The van der Waals surface area contributed by atoms with E-state index in [1.54, 1.807) is 18.2 Å². The Morgan fingerprint density at radius 3 is 2.95 bits per heavy atom. The Morgan fingerprint density at radius 2 is 2.15 bits per heavy atom. The summed E-state index contributed by atoms with van der Waals surface area (Å²) in [5.41, 5.74) is 7.57. The van der Waals surface area contributed by atoms with Crippen LogP contribution in [0.25, 0.3) is 10.2 Å². The maximum Gasteiger partial charge on any atom is 0.188 e. The molecule has 0 saturated heterocycles. The van der Waals surface area contributed by atoms with Crippen molar-refractivity contribution in [2.24, 2.45) is 0 Å². The summed E-state index contributed by atoms with van der Waals surface area (Å²) in [6.45, 7) is 0. The van der Waals surface area contributed by atoms with Crippen molar-refractivity contribution in [2.45, 2.75) is 0 Å². The summed E-state index contributed by atoms with van der Waals surface area (Å²) >= 11 is 1.40. The standard InChI is InChI=1S/C14H9FN4S/c15-10-2-1-3-11(9(10)7-16)18-14-19-12-5-4-8(17)6-13(12)20-14/h1-6H,17H2,(H,18,19). The van der Waals surface area contributed by atoms with Crippen LogP contribution in [0.4, 0.5) is 20.9 Å². The first-order valence-electron chi connectivity index (χ1n) is 5.79. The van der Waals surface area contributed by atoms with Crippen LogP contribution in [-0.2, 0) is 0 Å². The zero-order chi connectivity index (χ0) is 14.1. The normalized spacial score (nSPS) is 10.4. The molecule has 0 saturated carbocycles. The fraction of sp³-hybridized carbons (Fsp3) is 0. The van der Waals surface area contributed by atoms with Gasteiger partial charge in [0.25, 0.3) is 0 Å². The summed E-state index contributed by atoms with van der Waals surface area (Å²) in [5.74, 6) is -0.553. The van der Waals surface area contributed by atoms with Crippen molar-refractivity contribution in [3.63, 3.8) is 0 Å². The first kappa shape index (κ1) is 12.4. The van der Waals surface area contributed by atoms with Crippen LogP contribution < -0.4 is 11.1 Å². The summed E-state index contributed by atoms with van der Waals surface area (Å²) < 4.78 is 14.4. The van der Waals surface area contributed by atoms with Crippen molar-refractivity contribution in [1.82, 2.24) is 4.98 Å². The van der Waals surface area contributed by atoms with Gasteiger partial charge in [-0.15, -0.1) is 0 Å². The maximum atomic E-state index is 13.5. The Hall–Kier alpha value is -2.65. The van der Waals surface area contributed by atoms with Crippen molar-refractivity contribution < 1.29 is 4.39 Å². The van der Waals surface area contributed by atoms with Crippen LogP contribution in [-0.4, -0.2) is 4.98 Å². The van der Waals surface area contributed by atoms with E-state index in [9.17, 15) is 4.39 Å². The van der Waals surface area contributed by atoms with Crippen molar-refractivity contribution in [3.05, 3.63) is 47.8 Å². The largest absolute Gasteiger partial charge is 0.399 e. The van der Waals surface area contributed by atoms with Crippen LogP contribution in [0.15, 0.2) is 36.4 Å². The Labute approximate surface area is 118 Å². The zero-order valence-electron chi connectivity index (χ0n) is 10.2. The number of halogens is 1. The molecule has 0 bridgehead atoms. The predicted octanol–water partition coefficient (Wildman–Crippen LogP) is 3.63. The topological polar surface area (TPSA) is 74.7 Å². The third-order valence-electron chi connectivity index (χ3n) is 2.78. The molecule has 1 aromatic heterocycles. The van der Waals surface area contributed by atoms with E-state index in [0.29, 0.717) is 16.5 Å². The highest BCUT2D eigenvalue weighted by atomic mass is 32.1. The second-order valence-corrected chi connectivity index (χ2v) is 5.18. The number of rotatable bonds is 2. The number of nitrogens with one attached hydrogen (secondary N) is 1. The molecule has 4 nitrogen and oxygen atoms in total. The number of hydrogen-bond acceptors (Lipinski definition) is 5. The predicted molar refractivity (Wildman–Crippen MR) is 78.4 cm³/mol. The molecule has 0 atom stereocenters. The highest BCUT2D eigenvalue weighted by molar-refractivity contribution is 7.22.